The number of nitrogens with zero attached hydrogens (tertiary/aromatic N) is 2. The summed E-state index contributed by atoms with van der Waals surface area (Å²) in [6.45, 7) is 1.12. The quantitative estimate of drug-likeness (QED) is 0.471. The van der Waals surface area contributed by atoms with Crippen molar-refractivity contribution in [1.82, 2.24) is 9.47 Å². The lowest BCUT2D eigenvalue weighted by molar-refractivity contribution is -0.137. The van der Waals surface area contributed by atoms with Crippen LogP contribution in [0.2, 0.25) is 0 Å². The minimum absolute atomic E-state index is 0.0224. The molecule has 0 fully saturated rings. The minimum atomic E-state index is -0.873. The molecular weight excluding hydrogens is 428 g/mol. The number of carboxylic acids is 1. The molecule has 6 nitrogen and oxygen atoms in total. The number of aromatic nitrogens is 1. The predicted molar refractivity (Wildman–Crippen MR) is 129 cm³/mol. The first kappa shape index (κ1) is 20.5. The molecule has 1 aromatic heterocycles. The average molecular weight is 453 g/mol. The normalized spacial score (nSPS) is 14.5. The molecule has 1 N–H and O–H groups in total. The Bertz CT molecular complexity index is 1390. The van der Waals surface area contributed by atoms with Gasteiger partial charge in [-0.3, -0.25) is 4.79 Å². The van der Waals surface area contributed by atoms with Crippen LogP contribution in [0.5, 0.6) is 0 Å². The molecule has 0 saturated carbocycles. The van der Waals surface area contributed by atoms with E-state index in [0.717, 1.165) is 22.2 Å². The zero-order chi connectivity index (χ0) is 23.2. The second-order valence-corrected chi connectivity index (χ2v) is 8.90. The van der Waals surface area contributed by atoms with Crippen molar-refractivity contribution < 1.29 is 19.4 Å². The molecule has 0 radical (unpaired) electrons. The van der Waals surface area contributed by atoms with Crippen molar-refractivity contribution in [2.75, 3.05) is 13.2 Å². The lowest BCUT2D eigenvalue weighted by atomic mass is 9.98. The molecule has 0 atom stereocenters. The number of para-hydroxylation sites is 1. The van der Waals surface area contributed by atoms with Crippen LogP contribution >= 0.6 is 0 Å². The lowest BCUT2D eigenvalue weighted by Gasteiger charge is -2.28. The molecule has 6 rings (SSSR count). The summed E-state index contributed by atoms with van der Waals surface area (Å²) in [6.07, 6.45) is 0.268. The standard InChI is InChI=1S/C28H24N2O4/c31-27(32)16-30-25-12-6-5-11-22(25)23-15-29(14-13-26(23)30)28(33)34-17-24-20-9-3-1-7-18(20)19-8-2-4-10-21(19)24/h1-12,24H,13-17H2,(H,31,32). The second kappa shape index (κ2) is 8.06. The zero-order valence-electron chi connectivity index (χ0n) is 18.6. The average Bonchev–Trinajstić information content (AvgIpc) is 3.35. The van der Waals surface area contributed by atoms with Crippen LogP contribution in [0, 0.1) is 0 Å². The maximum atomic E-state index is 13.1. The Labute approximate surface area is 197 Å². The summed E-state index contributed by atoms with van der Waals surface area (Å²) in [5.74, 6) is -0.850. The Kier molecular flexibility index (Phi) is 4.87. The van der Waals surface area contributed by atoms with Crippen LogP contribution in [0.4, 0.5) is 4.79 Å². The summed E-state index contributed by atoms with van der Waals surface area (Å²) < 4.78 is 7.73. The van der Waals surface area contributed by atoms with Gasteiger partial charge in [0.1, 0.15) is 13.2 Å². The maximum absolute atomic E-state index is 13.1. The van der Waals surface area contributed by atoms with Crippen LogP contribution < -0.4 is 0 Å². The summed E-state index contributed by atoms with van der Waals surface area (Å²) in [5.41, 5.74) is 7.68. The first-order valence-electron chi connectivity index (χ1n) is 11.5. The highest BCUT2D eigenvalue weighted by Crippen LogP contribution is 2.44. The third-order valence-corrected chi connectivity index (χ3v) is 7.05. The second-order valence-electron chi connectivity index (χ2n) is 8.90. The SMILES string of the molecule is O=C(O)Cn1c2c(c3ccccc31)CN(C(=O)OCC1c3ccccc3-c3ccccc31)CC2. The van der Waals surface area contributed by atoms with Gasteiger partial charge in [-0.1, -0.05) is 66.7 Å². The van der Waals surface area contributed by atoms with E-state index >= 15 is 0 Å². The van der Waals surface area contributed by atoms with Crippen LogP contribution in [0.3, 0.4) is 0 Å². The summed E-state index contributed by atoms with van der Waals surface area (Å²) in [7, 11) is 0. The molecule has 2 aliphatic rings. The van der Waals surface area contributed by atoms with E-state index < -0.39 is 5.97 Å². The molecule has 6 heteroatoms. The van der Waals surface area contributed by atoms with Crippen molar-refractivity contribution in [2.45, 2.75) is 25.4 Å². The van der Waals surface area contributed by atoms with Gasteiger partial charge in [0, 0.05) is 41.0 Å². The molecule has 2 heterocycles. The van der Waals surface area contributed by atoms with Crippen LogP contribution in [-0.2, 0) is 29.0 Å². The largest absolute Gasteiger partial charge is 0.480 e. The first-order chi connectivity index (χ1) is 16.6. The highest BCUT2D eigenvalue weighted by molar-refractivity contribution is 5.87. The van der Waals surface area contributed by atoms with Gasteiger partial charge in [0.25, 0.3) is 0 Å². The molecule has 1 aliphatic heterocycles. The highest BCUT2D eigenvalue weighted by atomic mass is 16.6. The van der Waals surface area contributed by atoms with Crippen LogP contribution in [0.15, 0.2) is 72.8 Å². The number of rotatable bonds is 4. The number of amides is 1. The van der Waals surface area contributed by atoms with Gasteiger partial charge in [-0.2, -0.15) is 0 Å². The molecule has 1 amide bonds. The summed E-state index contributed by atoms with van der Waals surface area (Å²) in [5, 5.41) is 10.4. The van der Waals surface area contributed by atoms with Gasteiger partial charge in [-0.15, -0.1) is 0 Å². The van der Waals surface area contributed by atoms with E-state index in [1.54, 1.807) is 4.90 Å². The van der Waals surface area contributed by atoms with Gasteiger partial charge in [-0.25, -0.2) is 4.79 Å². The van der Waals surface area contributed by atoms with E-state index in [1.165, 1.54) is 22.3 Å². The Morgan fingerprint density at radius 3 is 2.26 bits per heavy atom. The van der Waals surface area contributed by atoms with Crippen molar-refractivity contribution in [3.05, 3.63) is 95.2 Å². The molecule has 0 spiro atoms. The molecule has 3 aromatic carbocycles. The topological polar surface area (TPSA) is 71.8 Å². The maximum Gasteiger partial charge on any atom is 0.410 e. The number of carboxylic acid groups (broad SMARTS) is 1. The number of benzene rings is 3. The van der Waals surface area contributed by atoms with E-state index in [9.17, 15) is 14.7 Å². The molecule has 0 saturated heterocycles. The Hall–Kier alpha value is -4.06. The fourth-order valence-corrected chi connectivity index (χ4v) is 5.56. The zero-order valence-corrected chi connectivity index (χ0v) is 18.6. The number of carbonyl (C=O) groups is 2. The van der Waals surface area contributed by atoms with Crippen LogP contribution in [-0.4, -0.2) is 39.8 Å². The Morgan fingerprint density at radius 1 is 0.912 bits per heavy atom. The number of hydrogen-bond acceptors (Lipinski definition) is 3. The predicted octanol–water partition coefficient (Wildman–Crippen LogP) is 5.03. The minimum Gasteiger partial charge on any atom is -0.480 e. The first-order valence-corrected chi connectivity index (χ1v) is 11.5. The highest BCUT2D eigenvalue weighted by Gasteiger charge is 2.31. The van der Waals surface area contributed by atoms with Crippen LogP contribution in [0.25, 0.3) is 22.0 Å². The third-order valence-electron chi connectivity index (χ3n) is 7.05. The van der Waals surface area contributed by atoms with Crippen molar-refractivity contribution in [3.8, 4) is 11.1 Å². The van der Waals surface area contributed by atoms with Crippen LogP contribution in [0.1, 0.15) is 28.3 Å². The Morgan fingerprint density at radius 2 is 1.56 bits per heavy atom. The molecule has 0 bridgehead atoms. The van der Waals surface area contributed by atoms with Gasteiger partial charge in [-0.05, 0) is 28.3 Å². The van der Waals surface area contributed by atoms with Crippen molar-refractivity contribution >= 4 is 23.0 Å². The van der Waals surface area contributed by atoms with Gasteiger partial charge in [0.15, 0.2) is 0 Å². The third kappa shape index (κ3) is 3.25. The van der Waals surface area contributed by atoms with Gasteiger partial charge in [0.2, 0.25) is 0 Å². The molecule has 1 aliphatic carbocycles. The number of aliphatic carboxylic acids is 1. The molecule has 34 heavy (non-hydrogen) atoms. The number of ether oxygens (including phenoxy) is 1. The van der Waals surface area contributed by atoms with E-state index in [-0.39, 0.29) is 25.2 Å². The van der Waals surface area contributed by atoms with Gasteiger partial charge >= 0.3 is 12.1 Å². The number of carbonyl (C=O) groups excluding carboxylic acids is 1. The number of hydrogen-bond donors (Lipinski definition) is 1. The Balaban J connectivity index is 1.23. The van der Waals surface area contributed by atoms with Crippen molar-refractivity contribution in [2.24, 2.45) is 0 Å². The molecular formula is C28H24N2O4. The van der Waals surface area contributed by atoms with Gasteiger partial charge in [0.05, 0.1) is 6.54 Å². The smallest absolute Gasteiger partial charge is 0.410 e. The fraction of sp³-hybridized carbons (Fsp3) is 0.214. The summed E-state index contributed by atoms with van der Waals surface area (Å²) in [4.78, 5) is 26.3. The van der Waals surface area contributed by atoms with E-state index in [1.807, 2.05) is 53.1 Å². The van der Waals surface area contributed by atoms with E-state index in [4.69, 9.17) is 4.74 Å². The van der Waals surface area contributed by atoms with E-state index in [0.29, 0.717) is 19.5 Å². The number of fused-ring (bicyclic) bond motifs is 6. The molecule has 170 valence electrons. The summed E-state index contributed by atoms with van der Waals surface area (Å²) in [6, 6.07) is 24.4. The fourth-order valence-electron chi connectivity index (χ4n) is 5.56. The lowest BCUT2D eigenvalue weighted by Crippen LogP contribution is -2.37. The van der Waals surface area contributed by atoms with E-state index in [2.05, 4.69) is 24.3 Å². The van der Waals surface area contributed by atoms with Crippen molar-refractivity contribution in [1.29, 1.82) is 0 Å². The summed E-state index contributed by atoms with van der Waals surface area (Å²) >= 11 is 0. The van der Waals surface area contributed by atoms with Gasteiger partial charge < -0.3 is 19.3 Å². The van der Waals surface area contributed by atoms with Crippen molar-refractivity contribution in [3.63, 3.8) is 0 Å². The molecule has 4 aromatic rings. The monoisotopic (exact) mass is 452 g/mol. The molecule has 0 unspecified atom stereocenters.